The molecule has 5 nitrogen and oxygen atoms in total. The Morgan fingerprint density at radius 1 is 1.45 bits per heavy atom. The van der Waals surface area contributed by atoms with E-state index in [0.29, 0.717) is 5.76 Å². The van der Waals surface area contributed by atoms with Gasteiger partial charge in [0.25, 0.3) is 5.91 Å². The van der Waals surface area contributed by atoms with Crippen molar-refractivity contribution in [3.8, 4) is 11.8 Å². The standard InChI is InChI=1S/C14H11FN2O3/c15-11-3-4-13(10(8-11)2-1-7-18)14(19)16-9-12-5-6-17-20-12/h3-6,8,18H,7,9H2,(H,16,19). The molecule has 0 saturated heterocycles. The lowest BCUT2D eigenvalue weighted by Gasteiger charge is -2.05. The highest BCUT2D eigenvalue weighted by molar-refractivity contribution is 5.96. The summed E-state index contributed by atoms with van der Waals surface area (Å²) in [6.07, 6.45) is 1.47. The molecule has 20 heavy (non-hydrogen) atoms. The van der Waals surface area contributed by atoms with E-state index >= 15 is 0 Å². The van der Waals surface area contributed by atoms with Gasteiger partial charge in [-0.05, 0) is 18.2 Å². The van der Waals surface area contributed by atoms with Crippen LogP contribution >= 0.6 is 0 Å². The van der Waals surface area contributed by atoms with Crippen molar-refractivity contribution in [3.05, 3.63) is 53.2 Å². The number of aromatic nitrogens is 1. The van der Waals surface area contributed by atoms with Crippen LogP contribution in [0.1, 0.15) is 21.7 Å². The average Bonchev–Trinajstić information content (AvgIpc) is 2.96. The first-order valence-corrected chi connectivity index (χ1v) is 5.77. The van der Waals surface area contributed by atoms with E-state index in [-0.39, 0.29) is 24.3 Å². The van der Waals surface area contributed by atoms with Gasteiger partial charge in [0.15, 0.2) is 5.76 Å². The lowest BCUT2D eigenvalue weighted by molar-refractivity contribution is 0.0947. The van der Waals surface area contributed by atoms with Gasteiger partial charge in [0.2, 0.25) is 0 Å². The first-order valence-electron chi connectivity index (χ1n) is 5.77. The number of benzene rings is 1. The number of carbonyl (C=O) groups is 1. The number of aliphatic hydroxyl groups excluding tert-OH is 1. The predicted octanol–water partition coefficient (Wildman–Crippen LogP) is 1.09. The SMILES string of the molecule is O=C(NCc1ccno1)c1ccc(F)cc1C#CCO. The third-order valence-electron chi connectivity index (χ3n) is 2.44. The van der Waals surface area contributed by atoms with Crippen LogP contribution in [0.5, 0.6) is 0 Å². The second-order valence-electron chi connectivity index (χ2n) is 3.81. The second kappa shape index (κ2) is 6.50. The highest BCUT2D eigenvalue weighted by Crippen LogP contribution is 2.11. The van der Waals surface area contributed by atoms with Gasteiger partial charge in [-0.15, -0.1) is 0 Å². The summed E-state index contributed by atoms with van der Waals surface area (Å²) in [5.74, 6) is 4.52. The molecule has 0 radical (unpaired) electrons. The van der Waals surface area contributed by atoms with Crippen LogP contribution in [-0.2, 0) is 6.54 Å². The summed E-state index contributed by atoms with van der Waals surface area (Å²) in [5.41, 5.74) is 0.445. The van der Waals surface area contributed by atoms with Gasteiger partial charge in [0, 0.05) is 11.6 Å². The molecule has 1 aromatic carbocycles. The molecule has 0 bridgehead atoms. The van der Waals surface area contributed by atoms with Crippen molar-refractivity contribution >= 4 is 5.91 Å². The molecule has 0 aliphatic carbocycles. The van der Waals surface area contributed by atoms with E-state index < -0.39 is 11.7 Å². The molecule has 0 atom stereocenters. The summed E-state index contributed by atoms with van der Waals surface area (Å²) >= 11 is 0. The maximum absolute atomic E-state index is 13.2. The Bertz CT molecular complexity index is 657. The Kier molecular flexibility index (Phi) is 4.47. The smallest absolute Gasteiger partial charge is 0.252 e. The molecule has 2 rings (SSSR count). The largest absolute Gasteiger partial charge is 0.384 e. The van der Waals surface area contributed by atoms with E-state index in [9.17, 15) is 9.18 Å². The van der Waals surface area contributed by atoms with Crippen molar-refractivity contribution in [2.75, 3.05) is 6.61 Å². The molecule has 0 saturated carbocycles. The number of nitrogens with zero attached hydrogens (tertiary/aromatic N) is 1. The molecule has 0 aliphatic heterocycles. The van der Waals surface area contributed by atoms with Crippen LogP contribution in [-0.4, -0.2) is 22.8 Å². The molecule has 2 aromatic rings. The third-order valence-corrected chi connectivity index (χ3v) is 2.44. The van der Waals surface area contributed by atoms with E-state index in [1.807, 2.05) is 0 Å². The lowest BCUT2D eigenvalue weighted by Crippen LogP contribution is -2.23. The molecule has 1 amide bonds. The van der Waals surface area contributed by atoms with Crippen LogP contribution in [0.3, 0.4) is 0 Å². The van der Waals surface area contributed by atoms with Gasteiger partial charge in [-0.2, -0.15) is 0 Å². The normalized spacial score (nSPS) is 9.70. The average molecular weight is 274 g/mol. The fraction of sp³-hybridized carbons (Fsp3) is 0.143. The van der Waals surface area contributed by atoms with Crippen molar-refractivity contribution < 1.29 is 18.8 Å². The maximum Gasteiger partial charge on any atom is 0.252 e. The topological polar surface area (TPSA) is 75.4 Å². The fourth-order valence-electron chi connectivity index (χ4n) is 1.55. The minimum Gasteiger partial charge on any atom is -0.384 e. The summed E-state index contributed by atoms with van der Waals surface area (Å²) in [7, 11) is 0. The van der Waals surface area contributed by atoms with Crippen molar-refractivity contribution in [3.63, 3.8) is 0 Å². The number of rotatable bonds is 3. The van der Waals surface area contributed by atoms with Crippen molar-refractivity contribution in [2.24, 2.45) is 0 Å². The Balaban J connectivity index is 2.16. The van der Waals surface area contributed by atoms with E-state index in [1.165, 1.54) is 18.3 Å². The van der Waals surface area contributed by atoms with Gasteiger partial charge in [0.05, 0.1) is 18.3 Å². The van der Waals surface area contributed by atoms with E-state index in [4.69, 9.17) is 9.63 Å². The third kappa shape index (κ3) is 3.43. The highest BCUT2D eigenvalue weighted by atomic mass is 19.1. The Morgan fingerprint density at radius 2 is 2.30 bits per heavy atom. The van der Waals surface area contributed by atoms with Crippen LogP contribution < -0.4 is 5.32 Å². The highest BCUT2D eigenvalue weighted by Gasteiger charge is 2.11. The first-order chi connectivity index (χ1) is 9.70. The maximum atomic E-state index is 13.2. The minimum absolute atomic E-state index is 0.170. The number of hydrogen-bond acceptors (Lipinski definition) is 4. The van der Waals surface area contributed by atoms with E-state index in [2.05, 4.69) is 22.3 Å². The van der Waals surface area contributed by atoms with Crippen molar-refractivity contribution in [2.45, 2.75) is 6.54 Å². The molecule has 102 valence electrons. The molecule has 0 unspecified atom stereocenters. The van der Waals surface area contributed by atoms with E-state index in [1.54, 1.807) is 6.07 Å². The molecule has 6 heteroatoms. The van der Waals surface area contributed by atoms with Crippen LogP contribution in [0.4, 0.5) is 4.39 Å². The first kappa shape index (κ1) is 13.8. The summed E-state index contributed by atoms with van der Waals surface area (Å²) in [6.45, 7) is -0.196. The quantitative estimate of drug-likeness (QED) is 0.821. The number of amides is 1. The number of nitrogens with one attached hydrogen (secondary N) is 1. The Hall–Kier alpha value is -2.65. The molecule has 2 N–H and O–H groups in total. The van der Waals surface area contributed by atoms with Gasteiger partial charge in [-0.3, -0.25) is 4.79 Å². The zero-order chi connectivity index (χ0) is 14.4. The zero-order valence-electron chi connectivity index (χ0n) is 10.4. The summed E-state index contributed by atoms with van der Waals surface area (Å²) < 4.78 is 18.0. The summed E-state index contributed by atoms with van der Waals surface area (Å²) in [4.78, 5) is 12.0. The van der Waals surface area contributed by atoms with Gasteiger partial charge >= 0.3 is 0 Å². The number of carbonyl (C=O) groups excluding carboxylic acids is 1. The molecular formula is C14H11FN2O3. The van der Waals surface area contributed by atoms with Crippen LogP contribution in [0.25, 0.3) is 0 Å². The molecule has 0 spiro atoms. The number of aliphatic hydroxyl groups is 1. The van der Waals surface area contributed by atoms with Gasteiger partial charge in [0.1, 0.15) is 12.4 Å². The summed E-state index contributed by atoms with van der Waals surface area (Å²) in [6, 6.07) is 5.28. The molecule has 0 aliphatic rings. The predicted molar refractivity (Wildman–Crippen MR) is 68.0 cm³/mol. The number of halogens is 1. The molecule has 1 aromatic heterocycles. The zero-order valence-corrected chi connectivity index (χ0v) is 10.4. The van der Waals surface area contributed by atoms with Crippen molar-refractivity contribution in [1.29, 1.82) is 0 Å². The second-order valence-corrected chi connectivity index (χ2v) is 3.81. The summed E-state index contributed by atoms with van der Waals surface area (Å²) in [5, 5.41) is 14.8. The fourth-order valence-corrected chi connectivity index (χ4v) is 1.55. The monoisotopic (exact) mass is 274 g/mol. The van der Waals surface area contributed by atoms with Gasteiger partial charge in [-0.25, -0.2) is 4.39 Å². The van der Waals surface area contributed by atoms with Gasteiger partial charge in [-0.1, -0.05) is 17.0 Å². The minimum atomic E-state index is -0.501. The Morgan fingerprint density at radius 3 is 3.00 bits per heavy atom. The molecular weight excluding hydrogens is 263 g/mol. The van der Waals surface area contributed by atoms with Crippen LogP contribution in [0.15, 0.2) is 35.0 Å². The number of hydrogen-bond donors (Lipinski definition) is 2. The van der Waals surface area contributed by atoms with Crippen molar-refractivity contribution in [1.82, 2.24) is 10.5 Å². The molecule has 0 fully saturated rings. The van der Waals surface area contributed by atoms with Crippen LogP contribution in [0.2, 0.25) is 0 Å². The lowest BCUT2D eigenvalue weighted by atomic mass is 10.1. The van der Waals surface area contributed by atoms with E-state index in [0.717, 1.165) is 6.07 Å². The molecule has 1 heterocycles. The van der Waals surface area contributed by atoms with Gasteiger partial charge < -0.3 is 14.9 Å². The Labute approximate surface area is 114 Å². The van der Waals surface area contributed by atoms with Crippen LogP contribution in [0, 0.1) is 17.7 Å².